The summed E-state index contributed by atoms with van der Waals surface area (Å²) in [6, 6.07) is 5.98. The summed E-state index contributed by atoms with van der Waals surface area (Å²) in [5.41, 5.74) is 6.85. The number of rotatable bonds is 3. The number of nitrogens with zero attached hydrogens (tertiary/aromatic N) is 1. The molecule has 1 aliphatic carbocycles. The highest BCUT2D eigenvalue weighted by Crippen LogP contribution is 2.50. The SMILES string of the molecule is CC1CC(CN)CN1C(=O)C1CC1c1ccc(Cl)c(Cl)c1. The normalized spacial score (nSPS) is 31.5. The van der Waals surface area contributed by atoms with Crippen LogP contribution in [-0.2, 0) is 4.79 Å². The van der Waals surface area contributed by atoms with Gasteiger partial charge in [-0.25, -0.2) is 0 Å². The fraction of sp³-hybridized carbons (Fsp3) is 0.562. The average Bonchev–Trinajstić information content (AvgIpc) is 3.17. The van der Waals surface area contributed by atoms with Crippen molar-refractivity contribution in [3.05, 3.63) is 33.8 Å². The molecule has 1 aromatic rings. The van der Waals surface area contributed by atoms with E-state index < -0.39 is 0 Å². The van der Waals surface area contributed by atoms with Crippen LogP contribution in [-0.4, -0.2) is 29.9 Å². The zero-order chi connectivity index (χ0) is 15.1. The molecular weight excluding hydrogens is 307 g/mol. The monoisotopic (exact) mass is 326 g/mol. The number of carbonyl (C=O) groups is 1. The third-order valence-corrected chi connectivity index (χ3v) is 5.50. The molecule has 1 aromatic carbocycles. The molecule has 1 amide bonds. The second-order valence-electron chi connectivity index (χ2n) is 6.30. The van der Waals surface area contributed by atoms with Crippen molar-refractivity contribution in [2.24, 2.45) is 17.6 Å². The summed E-state index contributed by atoms with van der Waals surface area (Å²) in [7, 11) is 0. The molecule has 1 saturated heterocycles. The van der Waals surface area contributed by atoms with Crippen LogP contribution in [0.4, 0.5) is 0 Å². The number of benzene rings is 1. The zero-order valence-corrected chi connectivity index (χ0v) is 13.6. The molecule has 1 heterocycles. The Morgan fingerprint density at radius 2 is 2.10 bits per heavy atom. The van der Waals surface area contributed by atoms with Crippen LogP contribution in [0.3, 0.4) is 0 Å². The van der Waals surface area contributed by atoms with E-state index in [1.54, 1.807) is 0 Å². The lowest BCUT2D eigenvalue weighted by atomic mass is 10.1. The van der Waals surface area contributed by atoms with Crippen molar-refractivity contribution in [3.63, 3.8) is 0 Å². The van der Waals surface area contributed by atoms with E-state index in [1.807, 2.05) is 23.1 Å². The van der Waals surface area contributed by atoms with E-state index in [-0.39, 0.29) is 17.7 Å². The quantitative estimate of drug-likeness (QED) is 0.926. The third kappa shape index (κ3) is 2.92. The molecule has 2 aliphatic rings. The standard InChI is InChI=1S/C16H20Cl2N2O/c1-9-4-10(7-19)8-20(9)16(21)13-6-12(13)11-2-3-14(17)15(18)5-11/h2-3,5,9-10,12-13H,4,6-8,19H2,1H3. The number of hydrogen-bond acceptors (Lipinski definition) is 2. The Kier molecular flexibility index (Phi) is 4.17. The largest absolute Gasteiger partial charge is 0.339 e. The number of amides is 1. The van der Waals surface area contributed by atoms with Crippen LogP contribution in [0, 0.1) is 11.8 Å². The first-order valence-corrected chi connectivity index (χ1v) is 8.22. The fourth-order valence-electron chi connectivity index (χ4n) is 3.41. The van der Waals surface area contributed by atoms with Crippen LogP contribution in [0.15, 0.2) is 18.2 Å². The first-order chi connectivity index (χ1) is 10.0. The maximum Gasteiger partial charge on any atom is 0.226 e. The molecule has 2 fully saturated rings. The highest BCUT2D eigenvalue weighted by atomic mass is 35.5. The molecule has 0 bridgehead atoms. The first kappa shape index (κ1) is 15.1. The second kappa shape index (κ2) is 5.79. The van der Waals surface area contributed by atoms with E-state index in [1.165, 1.54) is 0 Å². The van der Waals surface area contributed by atoms with Crippen LogP contribution in [0.25, 0.3) is 0 Å². The van der Waals surface area contributed by atoms with E-state index in [0.717, 1.165) is 24.9 Å². The molecule has 1 aliphatic heterocycles. The summed E-state index contributed by atoms with van der Waals surface area (Å²) in [5.74, 6) is 1.11. The molecule has 4 unspecified atom stereocenters. The Bertz CT molecular complexity index is 563. The predicted octanol–water partition coefficient (Wildman–Crippen LogP) is 3.29. The van der Waals surface area contributed by atoms with E-state index >= 15 is 0 Å². The fourth-order valence-corrected chi connectivity index (χ4v) is 3.72. The van der Waals surface area contributed by atoms with Gasteiger partial charge in [0.2, 0.25) is 5.91 Å². The Hall–Kier alpha value is -0.770. The van der Waals surface area contributed by atoms with Crippen LogP contribution in [0.5, 0.6) is 0 Å². The summed E-state index contributed by atoms with van der Waals surface area (Å²) < 4.78 is 0. The minimum absolute atomic E-state index is 0.0983. The minimum Gasteiger partial charge on any atom is -0.339 e. The van der Waals surface area contributed by atoms with E-state index in [4.69, 9.17) is 28.9 Å². The number of carbonyl (C=O) groups excluding carboxylic acids is 1. The second-order valence-corrected chi connectivity index (χ2v) is 7.11. The lowest BCUT2D eigenvalue weighted by Gasteiger charge is -2.21. The lowest BCUT2D eigenvalue weighted by Crippen LogP contribution is -2.35. The lowest BCUT2D eigenvalue weighted by molar-refractivity contribution is -0.133. The molecule has 5 heteroatoms. The van der Waals surface area contributed by atoms with Gasteiger partial charge in [-0.3, -0.25) is 4.79 Å². The number of nitrogens with two attached hydrogens (primary N) is 1. The maximum atomic E-state index is 12.6. The van der Waals surface area contributed by atoms with Gasteiger partial charge in [-0.05, 0) is 55.8 Å². The number of hydrogen-bond donors (Lipinski definition) is 1. The van der Waals surface area contributed by atoms with Crippen LogP contribution in [0.1, 0.15) is 31.2 Å². The molecule has 114 valence electrons. The molecule has 4 atom stereocenters. The smallest absolute Gasteiger partial charge is 0.226 e. The summed E-state index contributed by atoms with van der Waals surface area (Å²) >= 11 is 12.0. The number of halogens is 2. The highest BCUT2D eigenvalue weighted by Gasteiger charge is 2.48. The topological polar surface area (TPSA) is 46.3 Å². The third-order valence-electron chi connectivity index (χ3n) is 4.76. The molecule has 3 rings (SSSR count). The van der Waals surface area contributed by atoms with Crippen molar-refractivity contribution < 1.29 is 4.79 Å². The van der Waals surface area contributed by atoms with Crippen LogP contribution < -0.4 is 5.73 Å². The summed E-state index contributed by atoms with van der Waals surface area (Å²) in [6.45, 7) is 3.58. The minimum atomic E-state index is 0.0983. The van der Waals surface area contributed by atoms with Gasteiger partial charge in [-0.2, -0.15) is 0 Å². The zero-order valence-electron chi connectivity index (χ0n) is 12.1. The summed E-state index contributed by atoms with van der Waals surface area (Å²) in [6.07, 6.45) is 1.93. The molecule has 0 aromatic heterocycles. The van der Waals surface area contributed by atoms with Gasteiger partial charge in [-0.1, -0.05) is 29.3 Å². The van der Waals surface area contributed by atoms with Crippen LogP contribution in [0.2, 0.25) is 10.0 Å². The van der Waals surface area contributed by atoms with Crippen molar-refractivity contribution in [1.82, 2.24) is 4.90 Å². The molecular formula is C16H20Cl2N2O. The predicted molar refractivity (Wildman–Crippen MR) is 85.6 cm³/mol. The van der Waals surface area contributed by atoms with Gasteiger partial charge in [0.05, 0.1) is 10.0 Å². The molecule has 1 saturated carbocycles. The van der Waals surface area contributed by atoms with Crippen molar-refractivity contribution in [3.8, 4) is 0 Å². The Balaban J connectivity index is 1.67. The van der Waals surface area contributed by atoms with Crippen molar-refractivity contribution in [2.45, 2.75) is 31.7 Å². The van der Waals surface area contributed by atoms with Gasteiger partial charge in [0.25, 0.3) is 0 Å². The Morgan fingerprint density at radius 3 is 2.71 bits per heavy atom. The van der Waals surface area contributed by atoms with Crippen molar-refractivity contribution in [1.29, 1.82) is 0 Å². The van der Waals surface area contributed by atoms with E-state index in [0.29, 0.717) is 28.5 Å². The molecule has 0 spiro atoms. The van der Waals surface area contributed by atoms with Crippen LogP contribution >= 0.6 is 23.2 Å². The Morgan fingerprint density at radius 1 is 1.33 bits per heavy atom. The van der Waals surface area contributed by atoms with Gasteiger partial charge in [0, 0.05) is 18.5 Å². The van der Waals surface area contributed by atoms with E-state index in [9.17, 15) is 4.79 Å². The molecule has 3 nitrogen and oxygen atoms in total. The highest BCUT2D eigenvalue weighted by molar-refractivity contribution is 6.42. The first-order valence-electron chi connectivity index (χ1n) is 7.46. The van der Waals surface area contributed by atoms with Gasteiger partial charge >= 0.3 is 0 Å². The summed E-state index contributed by atoms with van der Waals surface area (Å²) in [5, 5.41) is 1.12. The van der Waals surface area contributed by atoms with E-state index in [2.05, 4.69) is 6.92 Å². The number of likely N-dealkylation sites (tertiary alicyclic amines) is 1. The van der Waals surface area contributed by atoms with Gasteiger partial charge in [0.15, 0.2) is 0 Å². The average molecular weight is 327 g/mol. The van der Waals surface area contributed by atoms with Crippen molar-refractivity contribution in [2.75, 3.05) is 13.1 Å². The Labute approximate surface area is 135 Å². The van der Waals surface area contributed by atoms with Gasteiger partial charge < -0.3 is 10.6 Å². The van der Waals surface area contributed by atoms with Gasteiger partial charge in [0.1, 0.15) is 0 Å². The molecule has 21 heavy (non-hydrogen) atoms. The molecule has 0 radical (unpaired) electrons. The van der Waals surface area contributed by atoms with Crippen molar-refractivity contribution >= 4 is 29.1 Å². The molecule has 2 N–H and O–H groups in total. The summed E-state index contributed by atoms with van der Waals surface area (Å²) in [4.78, 5) is 14.7. The maximum absolute atomic E-state index is 12.6. The van der Waals surface area contributed by atoms with Gasteiger partial charge in [-0.15, -0.1) is 0 Å².